The third-order valence-electron chi connectivity index (χ3n) is 2.65. The molecule has 0 fully saturated rings. The molecule has 0 aliphatic heterocycles. The third-order valence-corrected chi connectivity index (χ3v) is 3.58. The van der Waals surface area contributed by atoms with Gasteiger partial charge in [0.2, 0.25) is 5.91 Å². The molecule has 0 aliphatic rings. The molecule has 0 radical (unpaired) electrons. The first-order valence-corrected chi connectivity index (χ1v) is 7.44. The first kappa shape index (κ1) is 14.6. The summed E-state index contributed by atoms with van der Waals surface area (Å²) in [7, 11) is 0. The summed E-state index contributed by atoms with van der Waals surface area (Å²) in [4.78, 5) is 18.9. The van der Waals surface area contributed by atoms with E-state index in [0.29, 0.717) is 24.2 Å². The van der Waals surface area contributed by atoms with Crippen molar-refractivity contribution in [3.8, 4) is 0 Å². The summed E-state index contributed by atoms with van der Waals surface area (Å²) in [6.45, 7) is 4.10. The summed E-state index contributed by atoms with van der Waals surface area (Å²) in [6.07, 6.45) is 2.36. The Morgan fingerprint density at radius 3 is 3.20 bits per heavy atom. The number of thioether (sulfide) groups is 1. The molecule has 0 aliphatic carbocycles. The minimum absolute atomic E-state index is 0.000921. The van der Waals surface area contributed by atoms with Gasteiger partial charge < -0.3 is 10.3 Å². The molecule has 20 heavy (non-hydrogen) atoms. The van der Waals surface area contributed by atoms with Crippen molar-refractivity contribution >= 4 is 28.7 Å². The lowest BCUT2D eigenvalue weighted by atomic mass is 10.3. The Morgan fingerprint density at radius 1 is 1.55 bits per heavy atom. The number of fused-ring (bicyclic) bond motifs is 1. The fraction of sp³-hybridized carbons (Fsp3) is 0.286. The van der Waals surface area contributed by atoms with Crippen LogP contribution in [0, 0.1) is 5.82 Å². The van der Waals surface area contributed by atoms with Gasteiger partial charge in [-0.15, -0.1) is 18.3 Å². The van der Waals surface area contributed by atoms with Gasteiger partial charge in [0.1, 0.15) is 11.6 Å². The first-order chi connectivity index (χ1) is 9.69. The van der Waals surface area contributed by atoms with Gasteiger partial charge >= 0.3 is 0 Å². The Balaban J connectivity index is 1.80. The normalized spacial score (nSPS) is 10.7. The fourth-order valence-electron chi connectivity index (χ4n) is 1.76. The molecule has 0 bridgehead atoms. The number of hydrogen-bond donors (Lipinski definition) is 2. The van der Waals surface area contributed by atoms with E-state index in [1.165, 1.54) is 23.9 Å². The highest BCUT2D eigenvalue weighted by Crippen LogP contribution is 2.12. The smallest absolute Gasteiger partial charge is 0.230 e. The largest absolute Gasteiger partial charge is 0.355 e. The maximum atomic E-state index is 13.0. The van der Waals surface area contributed by atoms with E-state index < -0.39 is 0 Å². The molecule has 106 valence electrons. The van der Waals surface area contributed by atoms with E-state index in [2.05, 4.69) is 21.9 Å². The van der Waals surface area contributed by atoms with Crippen LogP contribution in [-0.2, 0) is 11.2 Å². The zero-order valence-electron chi connectivity index (χ0n) is 11.0. The average Bonchev–Trinajstić information content (AvgIpc) is 2.81. The minimum atomic E-state index is -0.291. The van der Waals surface area contributed by atoms with Crippen LogP contribution in [0.1, 0.15) is 5.82 Å². The van der Waals surface area contributed by atoms with Gasteiger partial charge in [0.15, 0.2) is 0 Å². The number of nitrogens with one attached hydrogen (secondary N) is 2. The molecule has 1 amide bonds. The Morgan fingerprint density at radius 2 is 2.40 bits per heavy atom. The number of carbonyl (C=O) groups is 1. The van der Waals surface area contributed by atoms with Crippen molar-refractivity contribution in [1.82, 2.24) is 15.3 Å². The number of aromatic nitrogens is 2. The van der Waals surface area contributed by atoms with Crippen LogP contribution < -0.4 is 5.32 Å². The number of benzene rings is 1. The Hall–Kier alpha value is -1.82. The van der Waals surface area contributed by atoms with Crippen molar-refractivity contribution in [2.75, 3.05) is 18.1 Å². The quantitative estimate of drug-likeness (QED) is 0.608. The van der Waals surface area contributed by atoms with Gasteiger partial charge in [-0.1, -0.05) is 6.08 Å². The van der Waals surface area contributed by atoms with Crippen molar-refractivity contribution in [3.05, 3.63) is 42.5 Å². The second-order valence-electron chi connectivity index (χ2n) is 4.25. The van der Waals surface area contributed by atoms with Gasteiger partial charge in [0.25, 0.3) is 0 Å². The van der Waals surface area contributed by atoms with Gasteiger partial charge in [0.05, 0.1) is 16.8 Å². The number of amides is 1. The van der Waals surface area contributed by atoms with Crippen molar-refractivity contribution < 1.29 is 9.18 Å². The highest BCUT2D eigenvalue weighted by molar-refractivity contribution is 8.00. The SMILES string of the molecule is C=CCSCC(=O)NCCc1nc2ccc(F)cc2[nH]1. The van der Waals surface area contributed by atoms with Crippen molar-refractivity contribution in [2.24, 2.45) is 0 Å². The fourth-order valence-corrected chi connectivity index (χ4v) is 2.33. The lowest BCUT2D eigenvalue weighted by Gasteiger charge is -2.02. The topological polar surface area (TPSA) is 57.8 Å². The van der Waals surface area contributed by atoms with Crippen LogP contribution in [0.25, 0.3) is 11.0 Å². The molecule has 1 aromatic carbocycles. The molecular weight excluding hydrogens is 277 g/mol. The van der Waals surface area contributed by atoms with E-state index in [1.54, 1.807) is 12.1 Å². The van der Waals surface area contributed by atoms with Crippen LogP contribution in [0.2, 0.25) is 0 Å². The molecule has 4 nitrogen and oxygen atoms in total. The lowest BCUT2D eigenvalue weighted by molar-refractivity contribution is -0.118. The standard InChI is InChI=1S/C14H16FN3OS/c1-2-7-20-9-14(19)16-6-5-13-17-11-4-3-10(15)8-12(11)18-13/h2-4,8H,1,5-7,9H2,(H,16,19)(H,17,18). The molecule has 0 spiro atoms. The third kappa shape index (κ3) is 4.09. The van der Waals surface area contributed by atoms with Crippen molar-refractivity contribution in [1.29, 1.82) is 0 Å². The maximum Gasteiger partial charge on any atom is 0.230 e. The molecule has 2 N–H and O–H groups in total. The Kier molecular flexibility index (Phi) is 5.17. The predicted molar refractivity (Wildman–Crippen MR) is 80.3 cm³/mol. The van der Waals surface area contributed by atoms with E-state index in [1.807, 2.05) is 0 Å². The lowest BCUT2D eigenvalue weighted by Crippen LogP contribution is -2.27. The molecule has 2 rings (SSSR count). The predicted octanol–water partition coefficient (Wildman–Crippen LogP) is 2.28. The van der Waals surface area contributed by atoms with E-state index in [4.69, 9.17) is 0 Å². The van der Waals surface area contributed by atoms with Crippen molar-refractivity contribution in [2.45, 2.75) is 6.42 Å². The number of aromatic amines is 1. The maximum absolute atomic E-state index is 13.0. The monoisotopic (exact) mass is 293 g/mol. The van der Waals surface area contributed by atoms with E-state index in [9.17, 15) is 9.18 Å². The van der Waals surface area contributed by atoms with E-state index in [0.717, 1.165) is 17.1 Å². The van der Waals surface area contributed by atoms with Crippen LogP contribution in [0.5, 0.6) is 0 Å². The van der Waals surface area contributed by atoms with Crippen LogP contribution >= 0.6 is 11.8 Å². The summed E-state index contributed by atoms with van der Waals surface area (Å²) >= 11 is 1.52. The number of H-pyrrole nitrogens is 1. The van der Waals surface area contributed by atoms with Gasteiger partial charge in [0, 0.05) is 18.7 Å². The first-order valence-electron chi connectivity index (χ1n) is 6.28. The number of carbonyl (C=O) groups excluding carboxylic acids is 1. The van der Waals surface area contributed by atoms with Crippen LogP contribution in [0.15, 0.2) is 30.9 Å². The van der Waals surface area contributed by atoms with Gasteiger partial charge in [-0.25, -0.2) is 9.37 Å². The van der Waals surface area contributed by atoms with Crippen LogP contribution in [0.4, 0.5) is 4.39 Å². The zero-order chi connectivity index (χ0) is 14.4. The molecule has 0 saturated heterocycles. The van der Waals surface area contributed by atoms with E-state index >= 15 is 0 Å². The molecule has 2 aromatic rings. The molecule has 1 aromatic heterocycles. The summed E-state index contributed by atoms with van der Waals surface area (Å²) in [5, 5.41) is 2.82. The zero-order valence-corrected chi connectivity index (χ0v) is 11.8. The minimum Gasteiger partial charge on any atom is -0.355 e. The number of rotatable bonds is 7. The van der Waals surface area contributed by atoms with Crippen LogP contribution in [-0.4, -0.2) is 33.9 Å². The van der Waals surface area contributed by atoms with E-state index in [-0.39, 0.29) is 11.7 Å². The number of imidazole rings is 1. The highest BCUT2D eigenvalue weighted by atomic mass is 32.2. The molecule has 0 atom stereocenters. The summed E-state index contributed by atoms with van der Waals surface area (Å²) < 4.78 is 13.0. The second-order valence-corrected chi connectivity index (χ2v) is 5.28. The second kappa shape index (κ2) is 7.09. The average molecular weight is 293 g/mol. The van der Waals surface area contributed by atoms with Gasteiger partial charge in [-0.2, -0.15) is 0 Å². The summed E-state index contributed by atoms with van der Waals surface area (Å²) in [5.74, 6) is 1.64. The molecule has 6 heteroatoms. The van der Waals surface area contributed by atoms with Crippen LogP contribution in [0.3, 0.4) is 0 Å². The molecular formula is C14H16FN3OS. The molecule has 1 heterocycles. The molecule has 0 saturated carbocycles. The summed E-state index contributed by atoms with van der Waals surface area (Å²) in [5.41, 5.74) is 1.40. The number of halogens is 1. The summed E-state index contributed by atoms with van der Waals surface area (Å²) in [6, 6.07) is 4.43. The highest BCUT2D eigenvalue weighted by Gasteiger charge is 2.05. The Bertz CT molecular complexity index is 611. The Labute approximate surface area is 120 Å². The number of nitrogens with zero attached hydrogens (tertiary/aromatic N) is 1. The van der Waals surface area contributed by atoms with Crippen molar-refractivity contribution in [3.63, 3.8) is 0 Å². The van der Waals surface area contributed by atoms with Gasteiger partial charge in [-0.3, -0.25) is 4.79 Å². The van der Waals surface area contributed by atoms with Gasteiger partial charge in [-0.05, 0) is 18.2 Å². The number of hydrogen-bond acceptors (Lipinski definition) is 3. The molecule has 0 unspecified atom stereocenters.